The molecule has 0 radical (unpaired) electrons. The lowest BCUT2D eigenvalue weighted by atomic mass is 9.92. The number of ether oxygens (including phenoxy) is 2. The fourth-order valence-corrected chi connectivity index (χ4v) is 4.54. The van der Waals surface area contributed by atoms with Crippen LogP contribution in [-0.2, 0) is 14.3 Å². The molecule has 7 heteroatoms. The number of aliphatic hydroxyl groups excluding tert-OH is 1. The van der Waals surface area contributed by atoms with E-state index < -0.39 is 17.7 Å². The van der Waals surface area contributed by atoms with E-state index in [0.29, 0.717) is 36.1 Å². The van der Waals surface area contributed by atoms with Crippen LogP contribution in [0.15, 0.2) is 48.0 Å². The minimum absolute atomic E-state index is 0.0621. The molecule has 32 heavy (non-hydrogen) atoms. The molecule has 0 saturated carbocycles. The number of carbonyl (C=O) groups excluding carboxylic acids is 2. The van der Waals surface area contributed by atoms with Crippen molar-refractivity contribution in [3.8, 4) is 5.75 Å². The smallest absolute Gasteiger partial charge is 0.295 e. The second-order valence-corrected chi connectivity index (χ2v) is 8.43. The molecule has 1 amide bonds. The molecule has 2 aliphatic rings. The predicted octanol–water partition coefficient (Wildman–Crippen LogP) is 4.65. The van der Waals surface area contributed by atoms with Crippen LogP contribution in [0.5, 0.6) is 5.75 Å². The number of benzene rings is 2. The van der Waals surface area contributed by atoms with Crippen molar-refractivity contribution < 1.29 is 24.2 Å². The number of likely N-dealkylation sites (tertiary alicyclic amines) is 1. The van der Waals surface area contributed by atoms with Gasteiger partial charge in [0.15, 0.2) is 0 Å². The zero-order chi connectivity index (χ0) is 22.8. The van der Waals surface area contributed by atoms with Crippen LogP contribution < -0.4 is 4.74 Å². The summed E-state index contributed by atoms with van der Waals surface area (Å²) in [4.78, 5) is 27.8. The summed E-state index contributed by atoms with van der Waals surface area (Å²) < 4.78 is 11.3. The molecule has 6 nitrogen and oxygen atoms in total. The number of halogens is 1. The van der Waals surface area contributed by atoms with Gasteiger partial charge in [0.25, 0.3) is 11.7 Å². The first-order valence-electron chi connectivity index (χ1n) is 10.8. The molecule has 0 bridgehead atoms. The maximum atomic E-state index is 13.2. The summed E-state index contributed by atoms with van der Waals surface area (Å²) in [6, 6.07) is 11.7. The largest absolute Gasteiger partial charge is 0.507 e. The average molecular weight is 456 g/mol. The van der Waals surface area contributed by atoms with Crippen molar-refractivity contribution in [3.05, 3.63) is 69.8 Å². The van der Waals surface area contributed by atoms with Crippen LogP contribution in [0, 0.1) is 6.92 Å². The van der Waals surface area contributed by atoms with Gasteiger partial charge in [0.05, 0.1) is 29.3 Å². The highest BCUT2D eigenvalue weighted by Crippen LogP contribution is 2.41. The van der Waals surface area contributed by atoms with Crippen LogP contribution >= 0.6 is 11.6 Å². The van der Waals surface area contributed by atoms with Crippen molar-refractivity contribution in [3.63, 3.8) is 0 Å². The van der Waals surface area contributed by atoms with Gasteiger partial charge in [0.1, 0.15) is 11.5 Å². The Morgan fingerprint density at radius 1 is 1.25 bits per heavy atom. The normalized spacial score (nSPS) is 22.5. The third-order valence-corrected chi connectivity index (χ3v) is 6.26. The Kier molecular flexibility index (Phi) is 6.53. The lowest BCUT2D eigenvalue weighted by Gasteiger charge is -2.28. The molecule has 0 aliphatic carbocycles. The second-order valence-electron chi connectivity index (χ2n) is 8.02. The number of rotatable bonds is 6. The summed E-state index contributed by atoms with van der Waals surface area (Å²) in [6.07, 6.45) is 1.63. The van der Waals surface area contributed by atoms with Gasteiger partial charge in [-0.15, -0.1) is 0 Å². The van der Waals surface area contributed by atoms with E-state index in [1.807, 2.05) is 38.1 Å². The van der Waals surface area contributed by atoms with Crippen molar-refractivity contribution in [2.24, 2.45) is 0 Å². The average Bonchev–Trinajstić information content (AvgIpc) is 3.38. The fourth-order valence-electron chi connectivity index (χ4n) is 4.37. The van der Waals surface area contributed by atoms with Crippen LogP contribution in [0.1, 0.15) is 42.5 Å². The van der Waals surface area contributed by atoms with Crippen LogP contribution in [0.4, 0.5) is 0 Å². The SMILES string of the molecule is CCOc1cc(/C(O)=C2\C(=O)C(=O)N(CC3CCCO3)C2c2ccccc2C)ccc1Cl. The summed E-state index contributed by atoms with van der Waals surface area (Å²) in [5, 5.41) is 11.6. The summed E-state index contributed by atoms with van der Waals surface area (Å²) in [5.74, 6) is -1.18. The highest BCUT2D eigenvalue weighted by atomic mass is 35.5. The van der Waals surface area contributed by atoms with E-state index in [1.165, 1.54) is 4.90 Å². The molecule has 2 heterocycles. The van der Waals surface area contributed by atoms with E-state index in [1.54, 1.807) is 18.2 Å². The number of Topliss-reactive ketones (excluding diaryl/α,β-unsaturated/α-hetero) is 1. The molecule has 2 aliphatic heterocycles. The second kappa shape index (κ2) is 9.35. The van der Waals surface area contributed by atoms with Crippen LogP contribution in [0.3, 0.4) is 0 Å². The number of ketones is 1. The lowest BCUT2D eigenvalue weighted by molar-refractivity contribution is -0.140. The van der Waals surface area contributed by atoms with E-state index in [2.05, 4.69) is 0 Å². The number of aliphatic hydroxyl groups is 1. The molecule has 2 aromatic rings. The maximum absolute atomic E-state index is 13.2. The Labute approximate surface area is 192 Å². The molecule has 0 aromatic heterocycles. The van der Waals surface area contributed by atoms with Crippen molar-refractivity contribution >= 4 is 29.1 Å². The molecule has 0 spiro atoms. The number of amides is 1. The Balaban J connectivity index is 1.84. The molecule has 168 valence electrons. The van der Waals surface area contributed by atoms with Gasteiger partial charge in [-0.3, -0.25) is 9.59 Å². The molecule has 2 unspecified atom stereocenters. The number of carbonyl (C=O) groups is 2. The molecular formula is C25H26ClNO5. The van der Waals surface area contributed by atoms with Crippen LogP contribution in [0.25, 0.3) is 5.76 Å². The minimum atomic E-state index is -0.707. The van der Waals surface area contributed by atoms with Crippen molar-refractivity contribution in [1.29, 1.82) is 0 Å². The monoisotopic (exact) mass is 455 g/mol. The molecular weight excluding hydrogens is 430 g/mol. The van der Waals surface area contributed by atoms with Gasteiger partial charge in [-0.25, -0.2) is 0 Å². The molecule has 2 atom stereocenters. The Morgan fingerprint density at radius 3 is 2.72 bits per heavy atom. The van der Waals surface area contributed by atoms with Gasteiger partial charge in [-0.2, -0.15) is 0 Å². The van der Waals surface area contributed by atoms with Gasteiger partial charge in [0.2, 0.25) is 0 Å². The van der Waals surface area contributed by atoms with E-state index in [0.717, 1.165) is 24.0 Å². The zero-order valence-electron chi connectivity index (χ0n) is 18.1. The third kappa shape index (κ3) is 4.12. The first-order chi connectivity index (χ1) is 15.4. The lowest BCUT2D eigenvalue weighted by Crippen LogP contribution is -2.36. The number of hydrogen-bond acceptors (Lipinski definition) is 5. The van der Waals surface area contributed by atoms with Crippen molar-refractivity contribution in [1.82, 2.24) is 4.90 Å². The number of aryl methyl sites for hydroxylation is 1. The standard InChI is InChI=1S/C25H26ClNO5/c1-3-31-20-13-16(10-11-19(20)26)23(28)21-22(18-9-5-4-7-15(18)2)27(25(30)24(21)29)14-17-8-6-12-32-17/h4-5,7,9-11,13,17,22,28H,3,6,8,12,14H2,1-2H3/b23-21+. The Bertz CT molecular complexity index is 1070. The molecule has 4 rings (SSSR count). The topological polar surface area (TPSA) is 76.1 Å². The fraction of sp³-hybridized carbons (Fsp3) is 0.360. The quantitative estimate of drug-likeness (QED) is 0.390. The first-order valence-corrected chi connectivity index (χ1v) is 11.2. The van der Waals surface area contributed by atoms with E-state index in [-0.39, 0.29) is 17.4 Å². The van der Waals surface area contributed by atoms with Gasteiger partial charge in [-0.05, 0) is 56.0 Å². The van der Waals surface area contributed by atoms with E-state index in [9.17, 15) is 14.7 Å². The third-order valence-electron chi connectivity index (χ3n) is 5.95. The summed E-state index contributed by atoms with van der Waals surface area (Å²) in [7, 11) is 0. The molecule has 1 N–H and O–H groups in total. The molecule has 2 saturated heterocycles. The van der Waals surface area contributed by atoms with Gasteiger partial charge in [-0.1, -0.05) is 35.9 Å². The van der Waals surface area contributed by atoms with Crippen molar-refractivity contribution in [2.45, 2.75) is 38.8 Å². The van der Waals surface area contributed by atoms with E-state index in [4.69, 9.17) is 21.1 Å². The summed E-state index contributed by atoms with van der Waals surface area (Å²) in [6.45, 7) is 5.10. The number of nitrogens with zero attached hydrogens (tertiary/aromatic N) is 1. The molecule has 2 aromatic carbocycles. The number of hydrogen-bond donors (Lipinski definition) is 1. The van der Waals surface area contributed by atoms with Gasteiger partial charge < -0.3 is 19.5 Å². The van der Waals surface area contributed by atoms with Crippen LogP contribution in [-0.4, -0.2) is 47.6 Å². The summed E-state index contributed by atoms with van der Waals surface area (Å²) >= 11 is 6.19. The van der Waals surface area contributed by atoms with Gasteiger partial charge in [0, 0.05) is 18.7 Å². The highest BCUT2D eigenvalue weighted by molar-refractivity contribution is 6.46. The predicted molar refractivity (Wildman–Crippen MR) is 122 cm³/mol. The summed E-state index contributed by atoms with van der Waals surface area (Å²) in [5.41, 5.74) is 2.15. The minimum Gasteiger partial charge on any atom is -0.507 e. The zero-order valence-corrected chi connectivity index (χ0v) is 18.9. The maximum Gasteiger partial charge on any atom is 0.295 e. The molecule has 2 fully saturated rings. The highest BCUT2D eigenvalue weighted by Gasteiger charge is 2.47. The first kappa shape index (κ1) is 22.4. The van der Waals surface area contributed by atoms with Gasteiger partial charge >= 0.3 is 0 Å². The Morgan fingerprint density at radius 2 is 2.03 bits per heavy atom. The van der Waals surface area contributed by atoms with Crippen LogP contribution in [0.2, 0.25) is 5.02 Å². The Hall–Kier alpha value is -2.83. The van der Waals surface area contributed by atoms with Crippen molar-refractivity contribution in [2.75, 3.05) is 19.8 Å². The van der Waals surface area contributed by atoms with E-state index >= 15 is 0 Å².